The number of hydrogen-bond acceptors (Lipinski definition) is 5. The highest BCUT2D eigenvalue weighted by molar-refractivity contribution is 5.82. The van der Waals surface area contributed by atoms with Crippen LogP contribution in [0.2, 0.25) is 0 Å². The van der Waals surface area contributed by atoms with Crippen molar-refractivity contribution in [2.75, 3.05) is 31.6 Å². The van der Waals surface area contributed by atoms with E-state index in [-0.39, 0.29) is 0 Å². The lowest BCUT2D eigenvalue weighted by molar-refractivity contribution is -0.147. The quantitative estimate of drug-likeness (QED) is 0.783. The molecule has 1 aromatic carbocycles. The molecular weight excluding hydrogens is 296 g/mol. The minimum absolute atomic E-state index is 0.385. The SMILES string of the molecule is COC(=O)[C@@H]1CN(c2ccccc2)CCN1C(=O)OC(C)(C)C. The lowest BCUT2D eigenvalue weighted by Gasteiger charge is -2.41. The lowest BCUT2D eigenvalue weighted by Crippen LogP contribution is -2.59. The first kappa shape index (κ1) is 17.1. The maximum atomic E-state index is 12.4. The zero-order valence-corrected chi connectivity index (χ0v) is 14.1. The van der Waals surface area contributed by atoms with Gasteiger partial charge in [-0.3, -0.25) is 4.90 Å². The number of benzene rings is 1. The summed E-state index contributed by atoms with van der Waals surface area (Å²) in [5.41, 5.74) is 0.416. The molecule has 6 heteroatoms. The van der Waals surface area contributed by atoms with Gasteiger partial charge in [0.2, 0.25) is 0 Å². The second kappa shape index (κ2) is 6.89. The number of amides is 1. The molecule has 0 aromatic heterocycles. The first-order valence-electron chi connectivity index (χ1n) is 7.69. The molecule has 1 saturated heterocycles. The number of anilines is 1. The maximum Gasteiger partial charge on any atom is 0.411 e. The van der Waals surface area contributed by atoms with Crippen molar-refractivity contribution in [3.05, 3.63) is 30.3 Å². The standard InChI is InChI=1S/C17H24N2O4/c1-17(2,3)23-16(21)19-11-10-18(12-14(19)15(20)22-4)13-8-6-5-7-9-13/h5-9,14H,10-12H2,1-4H3/t14-/m0/s1. The highest BCUT2D eigenvalue weighted by Gasteiger charge is 2.38. The molecule has 1 aromatic rings. The van der Waals surface area contributed by atoms with Crippen molar-refractivity contribution in [1.29, 1.82) is 0 Å². The summed E-state index contributed by atoms with van der Waals surface area (Å²) in [4.78, 5) is 28.0. The summed E-state index contributed by atoms with van der Waals surface area (Å²) in [5, 5.41) is 0. The fraction of sp³-hybridized carbons (Fsp3) is 0.529. The molecule has 0 aliphatic carbocycles. The van der Waals surface area contributed by atoms with E-state index in [9.17, 15) is 9.59 Å². The van der Waals surface area contributed by atoms with Crippen molar-refractivity contribution >= 4 is 17.7 Å². The molecule has 0 unspecified atom stereocenters. The third kappa shape index (κ3) is 4.37. The van der Waals surface area contributed by atoms with Crippen LogP contribution in [0, 0.1) is 0 Å². The Morgan fingerprint density at radius 3 is 2.35 bits per heavy atom. The average molecular weight is 320 g/mol. The van der Waals surface area contributed by atoms with Crippen molar-refractivity contribution < 1.29 is 19.1 Å². The van der Waals surface area contributed by atoms with Crippen molar-refractivity contribution in [1.82, 2.24) is 4.90 Å². The molecule has 126 valence electrons. The van der Waals surface area contributed by atoms with Gasteiger partial charge in [0, 0.05) is 25.3 Å². The molecule has 0 bridgehead atoms. The second-order valence-electron chi connectivity index (χ2n) is 6.49. The Hall–Kier alpha value is -2.24. The smallest absolute Gasteiger partial charge is 0.411 e. The van der Waals surface area contributed by atoms with Crippen LogP contribution in [0.4, 0.5) is 10.5 Å². The molecule has 0 radical (unpaired) electrons. The molecule has 2 rings (SSSR count). The predicted molar refractivity (Wildman–Crippen MR) is 87.4 cm³/mol. The fourth-order valence-electron chi connectivity index (χ4n) is 2.53. The molecule has 1 fully saturated rings. The molecule has 6 nitrogen and oxygen atoms in total. The van der Waals surface area contributed by atoms with Gasteiger partial charge in [0.05, 0.1) is 7.11 Å². The number of rotatable bonds is 2. The number of carbonyl (C=O) groups excluding carboxylic acids is 2. The van der Waals surface area contributed by atoms with Crippen molar-refractivity contribution in [3.8, 4) is 0 Å². The van der Waals surface area contributed by atoms with Gasteiger partial charge in [0.15, 0.2) is 6.04 Å². The minimum atomic E-state index is -0.677. The summed E-state index contributed by atoms with van der Waals surface area (Å²) in [5.74, 6) is -0.434. The number of para-hydroxylation sites is 1. The van der Waals surface area contributed by atoms with E-state index in [1.807, 2.05) is 30.3 Å². The first-order valence-corrected chi connectivity index (χ1v) is 7.69. The molecule has 0 spiro atoms. The van der Waals surface area contributed by atoms with Crippen LogP contribution < -0.4 is 4.90 Å². The lowest BCUT2D eigenvalue weighted by atomic mass is 10.1. The summed E-state index contributed by atoms with van der Waals surface area (Å²) >= 11 is 0. The van der Waals surface area contributed by atoms with Crippen LogP contribution in [0.5, 0.6) is 0 Å². The Bertz CT molecular complexity index is 553. The second-order valence-corrected chi connectivity index (χ2v) is 6.49. The van der Waals surface area contributed by atoms with E-state index in [1.165, 1.54) is 12.0 Å². The third-order valence-electron chi connectivity index (χ3n) is 3.60. The fourth-order valence-corrected chi connectivity index (χ4v) is 2.53. The summed E-state index contributed by atoms with van der Waals surface area (Å²) in [7, 11) is 1.33. The highest BCUT2D eigenvalue weighted by Crippen LogP contribution is 2.21. The predicted octanol–water partition coefficient (Wildman–Crippen LogP) is 2.29. The molecular formula is C17H24N2O4. The normalized spacial score (nSPS) is 18.5. The Morgan fingerprint density at radius 1 is 1.13 bits per heavy atom. The van der Waals surface area contributed by atoms with Crippen LogP contribution in [-0.2, 0) is 14.3 Å². The molecule has 0 saturated carbocycles. The molecule has 23 heavy (non-hydrogen) atoms. The molecule has 1 amide bonds. The largest absolute Gasteiger partial charge is 0.467 e. The topological polar surface area (TPSA) is 59.1 Å². The van der Waals surface area contributed by atoms with Gasteiger partial charge in [0.1, 0.15) is 5.60 Å². The van der Waals surface area contributed by atoms with Gasteiger partial charge in [-0.15, -0.1) is 0 Å². The van der Waals surface area contributed by atoms with Crippen LogP contribution in [-0.4, -0.2) is 55.3 Å². The number of hydrogen-bond donors (Lipinski definition) is 0. The highest BCUT2D eigenvalue weighted by atomic mass is 16.6. The first-order chi connectivity index (χ1) is 10.8. The van der Waals surface area contributed by atoms with Gasteiger partial charge in [-0.1, -0.05) is 18.2 Å². The van der Waals surface area contributed by atoms with Gasteiger partial charge < -0.3 is 14.4 Å². The zero-order chi connectivity index (χ0) is 17.0. The van der Waals surface area contributed by atoms with Crippen molar-refractivity contribution in [2.24, 2.45) is 0 Å². The van der Waals surface area contributed by atoms with E-state index in [0.717, 1.165) is 5.69 Å². The molecule has 0 N–H and O–H groups in total. The number of carbonyl (C=O) groups is 2. The van der Waals surface area contributed by atoms with Crippen LogP contribution in [0.1, 0.15) is 20.8 Å². The van der Waals surface area contributed by atoms with E-state index < -0.39 is 23.7 Å². The van der Waals surface area contributed by atoms with Crippen LogP contribution in [0.3, 0.4) is 0 Å². The van der Waals surface area contributed by atoms with Gasteiger partial charge in [-0.25, -0.2) is 9.59 Å². The van der Waals surface area contributed by atoms with Crippen molar-refractivity contribution in [2.45, 2.75) is 32.4 Å². The van der Waals surface area contributed by atoms with Crippen LogP contribution in [0.15, 0.2) is 30.3 Å². The van der Waals surface area contributed by atoms with E-state index >= 15 is 0 Å². The monoisotopic (exact) mass is 320 g/mol. The molecule has 1 heterocycles. The Labute approximate surface area is 137 Å². The number of ether oxygens (including phenoxy) is 2. The summed E-state index contributed by atoms with van der Waals surface area (Å²) < 4.78 is 10.3. The molecule has 1 aliphatic rings. The molecule has 1 atom stereocenters. The van der Waals surface area contributed by atoms with Gasteiger partial charge in [-0.05, 0) is 32.9 Å². The molecule has 1 aliphatic heterocycles. The number of esters is 1. The Balaban J connectivity index is 2.16. The van der Waals surface area contributed by atoms with E-state index in [4.69, 9.17) is 9.47 Å². The minimum Gasteiger partial charge on any atom is -0.467 e. The van der Waals surface area contributed by atoms with E-state index in [2.05, 4.69) is 4.90 Å². The Kier molecular flexibility index (Phi) is 5.13. The van der Waals surface area contributed by atoms with E-state index in [0.29, 0.717) is 19.6 Å². The number of piperazine rings is 1. The van der Waals surface area contributed by atoms with Crippen LogP contribution >= 0.6 is 0 Å². The van der Waals surface area contributed by atoms with Gasteiger partial charge >= 0.3 is 12.1 Å². The zero-order valence-electron chi connectivity index (χ0n) is 14.1. The number of nitrogens with zero attached hydrogens (tertiary/aromatic N) is 2. The number of methoxy groups -OCH3 is 1. The summed E-state index contributed by atoms with van der Waals surface area (Å²) in [6, 6.07) is 9.13. The van der Waals surface area contributed by atoms with Gasteiger partial charge in [-0.2, -0.15) is 0 Å². The van der Waals surface area contributed by atoms with Crippen molar-refractivity contribution in [3.63, 3.8) is 0 Å². The average Bonchev–Trinajstić information content (AvgIpc) is 2.52. The van der Waals surface area contributed by atoms with Gasteiger partial charge in [0.25, 0.3) is 0 Å². The summed E-state index contributed by atoms with van der Waals surface area (Å²) in [6.07, 6.45) is -0.486. The Morgan fingerprint density at radius 2 is 1.78 bits per heavy atom. The third-order valence-corrected chi connectivity index (χ3v) is 3.60. The summed E-state index contributed by atoms with van der Waals surface area (Å²) in [6.45, 7) is 6.84. The van der Waals surface area contributed by atoms with E-state index in [1.54, 1.807) is 20.8 Å². The van der Waals surface area contributed by atoms with Crippen LogP contribution in [0.25, 0.3) is 0 Å². The maximum absolute atomic E-state index is 12.4.